The van der Waals surface area contributed by atoms with Crippen molar-refractivity contribution < 1.29 is 14.4 Å². The number of rotatable bonds is 4. The summed E-state index contributed by atoms with van der Waals surface area (Å²) in [5.41, 5.74) is 5.23. The predicted molar refractivity (Wildman–Crippen MR) is 63.4 cm³/mol. The van der Waals surface area contributed by atoms with Gasteiger partial charge in [0.25, 0.3) is 0 Å². The summed E-state index contributed by atoms with van der Waals surface area (Å²) in [6.45, 7) is 2.52. The first-order valence-electron chi connectivity index (χ1n) is 5.53. The highest BCUT2D eigenvalue weighted by atomic mass is 16.6. The van der Waals surface area contributed by atoms with Gasteiger partial charge in [0, 0.05) is 25.2 Å². The number of ether oxygens (including phenoxy) is 2. The number of morpholine rings is 1. The van der Waals surface area contributed by atoms with E-state index in [1.807, 2.05) is 0 Å². The quantitative estimate of drug-likeness (QED) is 0.571. The van der Waals surface area contributed by atoms with Crippen LogP contribution >= 0.6 is 0 Å². The van der Waals surface area contributed by atoms with Crippen molar-refractivity contribution in [3.8, 4) is 5.88 Å². The van der Waals surface area contributed by atoms with Crippen LogP contribution in [0.2, 0.25) is 0 Å². The van der Waals surface area contributed by atoms with E-state index in [2.05, 4.69) is 10.3 Å². The van der Waals surface area contributed by atoms with Crippen molar-refractivity contribution in [3.63, 3.8) is 0 Å². The van der Waals surface area contributed by atoms with Crippen LogP contribution in [0.1, 0.15) is 0 Å². The zero-order valence-corrected chi connectivity index (χ0v) is 9.67. The Labute approximate surface area is 103 Å². The average Bonchev–Trinajstić information content (AvgIpc) is 2.37. The van der Waals surface area contributed by atoms with Gasteiger partial charge in [-0.05, 0) is 0 Å². The molecule has 1 aliphatic heterocycles. The average molecular weight is 254 g/mol. The second-order valence-electron chi connectivity index (χ2n) is 3.82. The molecule has 0 aliphatic carbocycles. The van der Waals surface area contributed by atoms with Crippen LogP contribution in [-0.4, -0.2) is 42.3 Å². The molecule has 3 N–H and O–H groups in total. The summed E-state index contributed by atoms with van der Waals surface area (Å²) in [5.74, 6) is 0.104. The Morgan fingerprint density at radius 2 is 2.50 bits per heavy atom. The van der Waals surface area contributed by atoms with Gasteiger partial charge < -0.3 is 20.5 Å². The molecule has 2 rings (SSSR count). The molecule has 8 nitrogen and oxygen atoms in total. The molecule has 0 amide bonds. The number of nitrogen functional groups attached to an aromatic ring is 1. The standard InChI is InChI=1S/C10H14N4O4/c11-10-8(14(15)16)1-2-9(13-10)18-6-7-5-12-3-4-17-7/h1-2,7,12H,3-6H2,(H2,11,13). The number of nitrogens with one attached hydrogen (secondary N) is 1. The summed E-state index contributed by atoms with van der Waals surface area (Å²) in [5, 5.41) is 13.7. The maximum atomic E-state index is 10.6. The van der Waals surface area contributed by atoms with Crippen molar-refractivity contribution in [2.24, 2.45) is 0 Å². The molecule has 0 bridgehead atoms. The van der Waals surface area contributed by atoms with Gasteiger partial charge in [0.15, 0.2) is 0 Å². The highest BCUT2D eigenvalue weighted by molar-refractivity contribution is 5.53. The van der Waals surface area contributed by atoms with Crippen LogP contribution in [0.15, 0.2) is 12.1 Å². The van der Waals surface area contributed by atoms with E-state index in [1.54, 1.807) is 0 Å². The Hall–Kier alpha value is -1.93. The molecule has 1 aromatic rings. The van der Waals surface area contributed by atoms with Crippen LogP contribution in [0.3, 0.4) is 0 Å². The molecule has 1 aromatic heterocycles. The number of anilines is 1. The Kier molecular flexibility index (Phi) is 3.90. The molecule has 1 saturated heterocycles. The van der Waals surface area contributed by atoms with E-state index in [9.17, 15) is 10.1 Å². The van der Waals surface area contributed by atoms with Gasteiger partial charge in [-0.15, -0.1) is 0 Å². The number of aromatic nitrogens is 1. The Bertz CT molecular complexity index is 434. The first-order valence-corrected chi connectivity index (χ1v) is 5.53. The first kappa shape index (κ1) is 12.5. The van der Waals surface area contributed by atoms with Crippen LogP contribution in [0, 0.1) is 10.1 Å². The third-order valence-electron chi connectivity index (χ3n) is 2.50. The SMILES string of the molecule is Nc1nc(OCC2CNCCO2)ccc1[N+](=O)[O-]. The topological polar surface area (TPSA) is 113 Å². The fourth-order valence-corrected chi connectivity index (χ4v) is 1.59. The summed E-state index contributed by atoms with van der Waals surface area (Å²) in [4.78, 5) is 13.8. The zero-order valence-electron chi connectivity index (χ0n) is 9.67. The molecule has 0 radical (unpaired) electrons. The molecule has 8 heteroatoms. The predicted octanol–water partition coefficient (Wildman–Crippen LogP) is -0.0608. The van der Waals surface area contributed by atoms with Gasteiger partial charge in [-0.25, -0.2) is 0 Å². The minimum absolute atomic E-state index is 0.0445. The lowest BCUT2D eigenvalue weighted by Crippen LogP contribution is -2.41. The number of nitrogens with two attached hydrogens (primary N) is 1. The maximum Gasteiger partial charge on any atom is 0.311 e. The van der Waals surface area contributed by atoms with Gasteiger partial charge in [-0.2, -0.15) is 4.98 Å². The van der Waals surface area contributed by atoms with Gasteiger partial charge in [0.05, 0.1) is 11.5 Å². The second-order valence-corrected chi connectivity index (χ2v) is 3.82. The maximum absolute atomic E-state index is 10.6. The van der Waals surface area contributed by atoms with Gasteiger partial charge in [-0.1, -0.05) is 0 Å². The third-order valence-corrected chi connectivity index (χ3v) is 2.50. The molecule has 2 heterocycles. The van der Waals surface area contributed by atoms with Crippen molar-refractivity contribution in [1.29, 1.82) is 0 Å². The van der Waals surface area contributed by atoms with Crippen molar-refractivity contribution in [3.05, 3.63) is 22.2 Å². The molecule has 0 saturated carbocycles. The molecule has 1 atom stereocenters. The van der Waals surface area contributed by atoms with E-state index in [-0.39, 0.29) is 23.5 Å². The minimum Gasteiger partial charge on any atom is -0.475 e. The number of hydrogen-bond donors (Lipinski definition) is 2. The molecule has 0 spiro atoms. The monoisotopic (exact) mass is 254 g/mol. The van der Waals surface area contributed by atoms with E-state index in [1.165, 1.54) is 12.1 Å². The smallest absolute Gasteiger partial charge is 0.311 e. The summed E-state index contributed by atoms with van der Waals surface area (Å²) in [6, 6.07) is 2.70. The van der Waals surface area contributed by atoms with Crippen LogP contribution in [0.4, 0.5) is 11.5 Å². The van der Waals surface area contributed by atoms with Crippen molar-refractivity contribution >= 4 is 11.5 Å². The highest BCUT2D eigenvalue weighted by Crippen LogP contribution is 2.21. The Morgan fingerprint density at radius 3 is 3.11 bits per heavy atom. The highest BCUT2D eigenvalue weighted by Gasteiger charge is 2.16. The molecular formula is C10H14N4O4. The molecular weight excluding hydrogens is 240 g/mol. The lowest BCUT2D eigenvalue weighted by Gasteiger charge is -2.23. The lowest BCUT2D eigenvalue weighted by atomic mass is 10.3. The lowest BCUT2D eigenvalue weighted by molar-refractivity contribution is -0.384. The number of pyridine rings is 1. The van der Waals surface area contributed by atoms with E-state index in [0.717, 1.165) is 6.54 Å². The summed E-state index contributed by atoms with van der Waals surface area (Å²) >= 11 is 0. The van der Waals surface area contributed by atoms with Crippen LogP contribution in [0.25, 0.3) is 0 Å². The van der Waals surface area contributed by atoms with Crippen LogP contribution < -0.4 is 15.8 Å². The van der Waals surface area contributed by atoms with E-state index in [4.69, 9.17) is 15.2 Å². The Morgan fingerprint density at radius 1 is 1.67 bits per heavy atom. The number of hydrogen-bond acceptors (Lipinski definition) is 7. The summed E-state index contributed by atoms with van der Waals surface area (Å²) < 4.78 is 10.8. The Balaban J connectivity index is 1.93. The molecule has 1 unspecified atom stereocenters. The van der Waals surface area contributed by atoms with Gasteiger partial charge in [0.2, 0.25) is 11.7 Å². The van der Waals surface area contributed by atoms with E-state index < -0.39 is 4.92 Å². The summed E-state index contributed by atoms with van der Waals surface area (Å²) in [6.07, 6.45) is -0.0445. The molecule has 98 valence electrons. The van der Waals surface area contributed by atoms with Crippen molar-refractivity contribution in [1.82, 2.24) is 10.3 Å². The first-order chi connectivity index (χ1) is 8.66. The molecule has 18 heavy (non-hydrogen) atoms. The normalized spacial score (nSPS) is 19.4. The number of nitro groups is 1. The largest absolute Gasteiger partial charge is 0.475 e. The van der Waals surface area contributed by atoms with Crippen LogP contribution in [-0.2, 0) is 4.74 Å². The minimum atomic E-state index is -0.583. The van der Waals surface area contributed by atoms with Crippen LogP contribution in [0.5, 0.6) is 5.88 Å². The third kappa shape index (κ3) is 3.05. The van der Waals surface area contributed by atoms with Gasteiger partial charge in [-0.3, -0.25) is 10.1 Å². The fraction of sp³-hybridized carbons (Fsp3) is 0.500. The zero-order chi connectivity index (χ0) is 13.0. The number of nitrogens with zero attached hydrogens (tertiary/aromatic N) is 2. The molecule has 1 aliphatic rings. The van der Waals surface area contributed by atoms with Gasteiger partial charge in [0.1, 0.15) is 12.7 Å². The van der Waals surface area contributed by atoms with Gasteiger partial charge >= 0.3 is 5.69 Å². The summed E-state index contributed by atoms with van der Waals surface area (Å²) in [7, 11) is 0. The van der Waals surface area contributed by atoms with Crippen molar-refractivity contribution in [2.75, 3.05) is 32.0 Å². The second kappa shape index (κ2) is 5.61. The van der Waals surface area contributed by atoms with E-state index in [0.29, 0.717) is 19.8 Å². The molecule has 1 fully saturated rings. The van der Waals surface area contributed by atoms with E-state index >= 15 is 0 Å². The van der Waals surface area contributed by atoms with Crippen molar-refractivity contribution in [2.45, 2.75) is 6.10 Å². The fourth-order valence-electron chi connectivity index (χ4n) is 1.59. The molecule has 0 aromatic carbocycles.